The highest BCUT2D eigenvalue weighted by Gasteiger charge is 2.22. The summed E-state index contributed by atoms with van der Waals surface area (Å²) in [6.07, 6.45) is 1.44. The Morgan fingerprint density at radius 2 is 2.07 bits per heavy atom. The maximum atomic E-state index is 11.8. The van der Waals surface area contributed by atoms with Crippen LogP contribution in [0.2, 0.25) is 0 Å². The Morgan fingerprint density at radius 1 is 1.43 bits per heavy atom. The van der Waals surface area contributed by atoms with Crippen molar-refractivity contribution in [2.24, 2.45) is 0 Å². The van der Waals surface area contributed by atoms with Crippen molar-refractivity contribution in [3.63, 3.8) is 0 Å². The van der Waals surface area contributed by atoms with Crippen molar-refractivity contribution >= 4 is 42.4 Å². The van der Waals surface area contributed by atoms with Crippen LogP contribution in [-0.4, -0.2) is 25.3 Å². The molecule has 0 fully saturated rings. The third-order valence-corrected chi connectivity index (χ3v) is 3.48. The highest BCUT2D eigenvalue weighted by atomic mass is 35.5. The lowest BCUT2D eigenvalue weighted by Gasteiger charge is -2.15. The topological polar surface area (TPSA) is 35.5 Å². The van der Waals surface area contributed by atoms with Crippen LogP contribution in [0.5, 0.6) is 0 Å². The van der Waals surface area contributed by atoms with E-state index in [4.69, 9.17) is 43.9 Å². The van der Waals surface area contributed by atoms with Gasteiger partial charge < -0.3 is 9.05 Å². The molecule has 14 heavy (non-hydrogen) atoms. The summed E-state index contributed by atoms with van der Waals surface area (Å²) in [7, 11) is -3.12. The van der Waals surface area contributed by atoms with Gasteiger partial charge in [-0.2, -0.15) is 0 Å². The number of alkyl halides is 1. The van der Waals surface area contributed by atoms with Crippen LogP contribution in [0.15, 0.2) is 10.6 Å². The molecular formula is C7H12Cl3O3P. The molecule has 0 bridgehead atoms. The predicted octanol–water partition coefficient (Wildman–Crippen LogP) is 3.79. The Balaban J connectivity index is 4.24. The summed E-state index contributed by atoms with van der Waals surface area (Å²) < 4.78 is 21.9. The monoisotopic (exact) mass is 280 g/mol. The van der Waals surface area contributed by atoms with Gasteiger partial charge in [0.05, 0.1) is 19.4 Å². The normalized spacial score (nSPS) is 14.9. The summed E-state index contributed by atoms with van der Waals surface area (Å²) in [4.78, 5) is 0. The van der Waals surface area contributed by atoms with E-state index in [1.807, 2.05) is 0 Å². The SMILES string of the molecule is CCOP(=O)(CC=C(Cl)Cl)OCCCl. The summed E-state index contributed by atoms with van der Waals surface area (Å²) in [5.41, 5.74) is 0. The van der Waals surface area contributed by atoms with E-state index in [0.717, 1.165) is 0 Å². The molecule has 0 saturated heterocycles. The minimum atomic E-state index is -3.12. The first kappa shape index (κ1) is 14.8. The lowest BCUT2D eigenvalue weighted by atomic mass is 10.8. The minimum Gasteiger partial charge on any atom is -0.309 e. The molecule has 1 atom stereocenters. The molecule has 0 rings (SSSR count). The number of hydrogen-bond acceptors (Lipinski definition) is 3. The second kappa shape index (κ2) is 7.98. The van der Waals surface area contributed by atoms with Crippen molar-refractivity contribution in [1.82, 2.24) is 0 Å². The molecule has 0 radical (unpaired) electrons. The zero-order valence-corrected chi connectivity index (χ0v) is 10.9. The fourth-order valence-corrected chi connectivity index (χ4v) is 2.70. The van der Waals surface area contributed by atoms with Gasteiger partial charge in [0, 0.05) is 5.88 Å². The zero-order chi connectivity index (χ0) is 11.0. The molecule has 3 nitrogen and oxygen atoms in total. The quantitative estimate of drug-likeness (QED) is 0.526. The summed E-state index contributed by atoms with van der Waals surface area (Å²) in [5.74, 6) is 0.259. The third kappa shape index (κ3) is 7.10. The molecule has 0 aliphatic carbocycles. The van der Waals surface area contributed by atoms with Crippen molar-refractivity contribution < 1.29 is 13.6 Å². The molecule has 0 amide bonds. The van der Waals surface area contributed by atoms with Gasteiger partial charge in [-0.05, 0) is 13.0 Å². The molecule has 1 unspecified atom stereocenters. The highest BCUT2D eigenvalue weighted by molar-refractivity contribution is 7.54. The van der Waals surface area contributed by atoms with E-state index in [0.29, 0.717) is 6.61 Å². The number of hydrogen-bond donors (Lipinski definition) is 0. The van der Waals surface area contributed by atoms with Crippen LogP contribution >= 0.6 is 42.4 Å². The molecular weight excluding hydrogens is 269 g/mol. The Kier molecular flexibility index (Phi) is 8.41. The lowest BCUT2D eigenvalue weighted by Crippen LogP contribution is -2.01. The van der Waals surface area contributed by atoms with Gasteiger partial charge in [-0.3, -0.25) is 4.57 Å². The van der Waals surface area contributed by atoms with E-state index in [-0.39, 0.29) is 23.1 Å². The van der Waals surface area contributed by atoms with Crippen LogP contribution in [0.1, 0.15) is 6.92 Å². The number of allylic oxidation sites excluding steroid dienone is 1. The average Bonchev–Trinajstić information content (AvgIpc) is 2.13. The Morgan fingerprint density at radius 3 is 2.50 bits per heavy atom. The molecule has 84 valence electrons. The van der Waals surface area contributed by atoms with Gasteiger partial charge in [0.15, 0.2) is 0 Å². The fourth-order valence-electron chi connectivity index (χ4n) is 0.694. The standard InChI is InChI=1S/C7H12Cl3O3P/c1-2-12-14(11,13-5-4-8)6-3-7(9)10/h3H,2,4-6H2,1H3. The van der Waals surface area contributed by atoms with Crippen LogP contribution in [0, 0.1) is 0 Å². The van der Waals surface area contributed by atoms with E-state index in [9.17, 15) is 4.57 Å². The highest BCUT2D eigenvalue weighted by Crippen LogP contribution is 2.48. The zero-order valence-electron chi connectivity index (χ0n) is 7.71. The Bertz CT molecular complexity index is 228. The van der Waals surface area contributed by atoms with Crippen LogP contribution < -0.4 is 0 Å². The fraction of sp³-hybridized carbons (Fsp3) is 0.714. The van der Waals surface area contributed by atoms with Crippen LogP contribution in [0.4, 0.5) is 0 Å². The smallest absolute Gasteiger partial charge is 0.309 e. The molecule has 7 heteroatoms. The molecule has 0 aliphatic rings. The van der Waals surface area contributed by atoms with Crippen molar-refractivity contribution in [2.75, 3.05) is 25.3 Å². The third-order valence-electron chi connectivity index (χ3n) is 1.16. The van der Waals surface area contributed by atoms with Crippen molar-refractivity contribution in [1.29, 1.82) is 0 Å². The molecule has 0 aromatic rings. The van der Waals surface area contributed by atoms with Gasteiger partial charge in [-0.1, -0.05) is 23.2 Å². The summed E-state index contributed by atoms with van der Waals surface area (Å²) in [5, 5.41) is 0. The first-order valence-corrected chi connectivity index (χ1v) is 7.01. The van der Waals surface area contributed by atoms with Crippen LogP contribution in [-0.2, 0) is 13.6 Å². The first-order chi connectivity index (χ1) is 6.54. The van der Waals surface area contributed by atoms with E-state index in [1.165, 1.54) is 6.08 Å². The predicted molar refractivity (Wildman–Crippen MR) is 60.6 cm³/mol. The first-order valence-electron chi connectivity index (χ1n) is 3.99. The van der Waals surface area contributed by atoms with Gasteiger partial charge in [0.25, 0.3) is 0 Å². The average molecular weight is 282 g/mol. The number of rotatable bonds is 7. The molecule has 0 heterocycles. The second-order valence-electron chi connectivity index (χ2n) is 2.23. The minimum absolute atomic E-state index is 0.0411. The maximum Gasteiger partial charge on any atom is 0.334 e. The lowest BCUT2D eigenvalue weighted by molar-refractivity contribution is 0.223. The molecule has 0 spiro atoms. The van der Waals surface area contributed by atoms with Crippen molar-refractivity contribution in [2.45, 2.75) is 6.92 Å². The van der Waals surface area contributed by atoms with E-state index in [1.54, 1.807) is 6.92 Å². The maximum absolute atomic E-state index is 11.8. The Labute approximate surface area is 98.8 Å². The summed E-state index contributed by atoms with van der Waals surface area (Å²) in [6.45, 7) is 2.20. The number of halogens is 3. The van der Waals surface area contributed by atoms with E-state index in [2.05, 4.69) is 0 Å². The van der Waals surface area contributed by atoms with E-state index < -0.39 is 7.60 Å². The van der Waals surface area contributed by atoms with Gasteiger partial charge in [0.1, 0.15) is 4.49 Å². The molecule has 0 saturated carbocycles. The van der Waals surface area contributed by atoms with Crippen LogP contribution in [0.25, 0.3) is 0 Å². The van der Waals surface area contributed by atoms with Gasteiger partial charge in [-0.25, -0.2) is 0 Å². The van der Waals surface area contributed by atoms with Crippen molar-refractivity contribution in [3.8, 4) is 0 Å². The Hall–Kier alpha value is 0.760. The summed E-state index contributed by atoms with van der Waals surface area (Å²) in [6, 6.07) is 0. The van der Waals surface area contributed by atoms with Crippen LogP contribution in [0.3, 0.4) is 0 Å². The molecule has 0 aliphatic heterocycles. The molecule has 0 N–H and O–H groups in total. The van der Waals surface area contributed by atoms with Gasteiger partial charge in [0.2, 0.25) is 0 Å². The second-order valence-corrected chi connectivity index (χ2v) is 5.72. The molecule has 0 aromatic heterocycles. The van der Waals surface area contributed by atoms with Gasteiger partial charge in [-0.15, -0.1) is 11.6 Å². The van der Waals surface area contributed by atoms with E-state index >= 15 is 0 Å². The van der Waals surface area contributed by atoms with Gasteiger partial charge >= 0.3 is 7.60 Å². The van der Waals surface area contributed by atoms with Crippen molar-refractivity contribution in [3.05, 3.63) is 10.6 Å². The largest absolute Gasteiger partial charge is 0.334 e. The summed E-state index contributed by atoms with van der Waals surface area (Å²) >= 11 is 16.2. The molecule has 0 aromatic carbocycles.